The number of anilines is 1. The molecular formula is C23H23ClN4O2. The number of methoxy groups -OCH3 is 1. The van der Waals surface area contributed by atoms with Crippen molar-refractivity contribution in [1.82, 2.24) is 15.1 Å². The third-order valence-electron chi connectivity index (χ3n) is 5.26. The van der Waals surface area contributed by atoms with Gasteiger partial charge in [0, 0.05) is 36.8 Å². The SMILES string of the molecule is COc1ccc(-c2ccc(N3CCN(C(=O)Cc4ccc(Cl)cc4)CC3)nn2)cc1. The largest absolute Gasteiger partial charge is 0.497 e. The molecule has 2 aromatic carbocycles. The van der Waals surface area contributed by atoms with E-state index in [-0.39, 0.29) is 5.91 Å². The molecule has 0 N–H and O–H groups in total. The molecule has 2 heterocycles. The van der Waals surface area contributed by atoms with Crippen LogP contribution in [0.15, 0.2) is 60.7 Å². The minimum Gasteiger partial charge on any atom is -0.497 e. The zero-order valence-electron chi connectivity index (χ0n) is 16.8. The van der Waals surface area contributed by atoms with Crippen molar-refractivity contribution in [3.63, 3.8) is 0 Å². The molecule has 3 aromatic rings. The molecular weight excluding hydrogens is 400 g/mol. The lowest BCUT2D eigenvalue weighted by molar-refractivity contribution is -0.130. The molecule has 0 spiro atoms. The van der Waals surface area contributed by atoms with Crippen LogP contribution >= 0.6 is 11.6 Å². The smallest absolute Gasteiger partial charge is 0.227 e. The number of piperazine rings is 1. The summed E-state index contributed by atoms with van der Waals surface area (Å²) in [7, 11) is 1.65. The number of carbonyl (C=O) groups excluding carboxylic acids is 1. The van der Waals surface area contributed by atoms with Crippen molar-refractivity contribution >= 4 is 23.3 Å². The average molecular weight is 423 g/mol. The fourth-order valence-corrected chi connectivity index (χ4v) is 3.61. The van der Waals surface area contributed by atoms with Crippen molar-refractivity contribution < 1.29 is 9.53 Å². The molecule has 0 radical (unpaired) electrons. The van der Waals surface area contributed by atoms with E-state index in [0.29, 0.717) is 24.5 Å². The highest BCUT2D eigenvalue weighted by atomic mass is 35.5. The van der Waals surface area contributed by atoms with Crippen LogP contribution in [0.1, 0.15) is 5.56 Å². The molecule has 154 valence electrons. The third kappa shape index (κ3) is 4.71. The summed E-state index contributed by atoms with van der Waals surface area (Å²) >= 11 is 5.91. The van der Waals surface area contributed by atoms with E-state index in [4.69, 9.17) is 16.3 Å². The number of rotatable bonds is 5. The van der Waals surface area contributed by atoms with E-state index in [1.54, 1.807) is 7.11 Å². The average Bonchev–Trinajstić information content (AvgIpc) is 2.81. The van der Waals surface area contributed by atoms with Gasteiger partial charge in [-0.3, -0.25) is 4.79 Å². The van der Waals surface area contributed by atoms with Gasteiger partial charge in [0.05, 0.1) is 19.2 Å². The van der Waals surface area contributed by atoms with Gasteiger partial charge in [-0.25, -0.2) is 0 Å². The molecule has 4 rings (SSSR count). The summed E-state index contributed by atoms with van der Waals surface area (Å²) in [6, 6.07) is 19.1. The highest BCUT2D eigenvalue weighted by Gasteiger charge is 2.22. The van der Waals surface area contributed by atoms with Crippen LogP contribution in [0.25, 0.3) is 11.3 Å². The predicted molar refractivity (Wildman–Crippen MR) is 118 cm³/mol. The third-order valence-corrected chi connectivity index (χ3v) is 5.51. The van der Waals surface area contributed by atoms with E-state index in [2.05, 4.69) is 15.1 Å². The molecule has 0 unspecified atom stereocenters. The number of aromatic nitrogens is 2. The summed E-state index contributed by atoms with van der Waals surface area (Å²) in [6.45, 7) is 2.83. The van der Waals surface area contributed by atoms with E-state index in [9.17, 15) is 4.79 Å². The summed E-state index contributed by atoms with van der Waals surface area (Å²) in [5.41, 5.74) is 2.79. The molecule has 1 amide bonds. The molecule has 30 heavy (non-hydrogen) atoms. The molecule has 0 saturated carbocycles. The fraction of sp³-hybridized carbons (Fsp3) is 0.261. The fourth-order valence-electron chi connectivity index (χ4n) is 3.48. The molecule has 7 heteroatoms. The van der Waals surface area contributed by atoms with Crippen LogP contribution in [0.3, 0.4) is 0 Å². The van der Waals surface area contributed by atoms with Gasteiger partial charge in [-0.05, 0) is 54.1 Å². The Balaban J connectivity index is 1.33. The second-order valence-electron chi connectivity index (χ2n) is 7.18. The monoisotopic (exact) mass is 422 g/mol. The van der Waals surface area contributed by atoms with Crippen LogP contribution in [0, 0.1) is 0 Å². The van der Waals surface area contributed by atoms with Crippen LogP contribution in [0.4, 0.5) is 5.82 Å². The maximum absolute atomic E-state index is 12.6. The van der Waals surface area contributed by atoms with Crippen molar-refractivity contribution in [2.45, 2.75) is 6.42 Å². The standard InChI is InChI=1S/C23H23ClN4O2/c1-30-20-8-4-18(5-9-20)21-10-11-22(26-25-21)27-12-14-28(15-13-27)23(29)16-17-2-6-19(24)7-3-17/h2-11H,12-16H2,1H3. The van der Waals surface area contributed by atoms with Crippen molar-refractivity contribution in [2.75, 3.05) is 38.2 Å². The van der Waals surface area contributed by atoms with Gasteiger partial charge >= 0.3 is 0 Å². The first kappa shape index (κ1) is 20.2. The van der Waals surface area contributed by atoms with Gasteiger partial charge in [0.25, 0.3) is 0 Å². The van der Waals surface area contributed by atoms with Crippen LogP contribution in [-0.4, -0.2) is 54.3 Å². The van der Waals surface area contributed by atoms with Crippen molar-refractivity contribution in [3.8, 4) is 17.0 Å². The maximum Gasteiger partial charge on any atom is 0.227 e. The predicted octanol–water partition coefficient (Wildman–Crippen LogP) is 3.70. The number of nitrogens with zero attached hydrogens (tertiary/aromatic N) is 4. The zero-order valence-corrected chi connectivity index (χ0v) is 17.5. The van der Waals surface area contributed by atoms with E-state index in [1.165, 1.54) is 0 Å². The molecule has 1 aliphatic heterocycles. The number of halogens is 1. The highest BCUT2D eigenvalue weighted by molar-refractivity contribution is 6.30. The number of benzene rings is 2. The number of hydrogen-bond donors (Lipinski definition) is 0. The van der Waals surface area contributed by atoms with Gasteiger partial charge in [0.15, 0.2) is 5.82 Å². The zero-order chi connectivity index (χ0) is 20.9. The van der Waals surface area contributed by atoms with Gasteiger partial charge in [-0.1, -0.05) is 23.7 Å². The summed E-state index contributed by atoms with van der Waals surface area (Å²) in [5.74, 6) is 1.78. The first-order chi connectivity index (χ1) is 14.6. The van der Waals surface area contributed by atoms with Crippen LogP contribution in [0.5, 0.6) is 5.75 Å². The summed E-state index contributed by atoms with van der Waals surface area (Å²) < 4.78 is 5.19. The Hall–Kier alpha value is -3.12. The molecule has 1 fully saturated rings. The minimum atomic E-state index is 0.137. The summed E-state index contributed by atoms with van der Waals surface area (Å²) in [5, 5.41) is 9.45. The quantitative estimate of drug-likeness (QED) is 0.627. The van der Waals surface area contributed by atoms with Gasteiger partial charge < -0.3 is 14.5 Å². The summed E-state index contributed by atoms with van der Waals surface area (Å²) in [6.07, 6.45) is 0.396. The van der Waals surface area contributed by atoms with E-state index < -0.39 is 0 Å². The Morgan fingerprint density at radius 1 is 0.933 bits per heavy atom. The Bertz CT molecular complexity index is 983. The van der Waals surface area contributed by atoms with Gasteiger partial charge in [-0.2, -0.15) is 0 Å². The second-order valence-corrected chi connectivity index (χ2v) is 7.61. The number of amides is 1. The van der Waals surface area contributed by atoms with Crippen LogP contribution < -0.4 is 9.64 Å². The van der Waals surface area contributed by atoms with Crippen LogP contribution in [0.2, 0.25) is 5.02 Å². The van der Waals surface area contributed by atoms with Crippen molar-refractivity contribution in [1.29, 1.82) is 0 Å². The van der Waals surface area contributed by atoms with Gasteiger partial charge in [0.2, 0.25) is 5.91 Å². The molecule has 6 nitrogen and oxygen atoms in total. The number of hydrogen-bond acceptors (Lipinski definition) is 5. The first-order valence-corrected chi connectivity index (χ1v) is 10.3. The topological polar surface area (TPSA) is 58.6 Å². The maximum atomic E-state index is 12.6. The molecule has 1 aromatic heterocycles. The number of carbonyl (C=O) groups is 1. The van der Waals surface area contributed by atoms with E-state index in [1.807, 2.05) is 65.6 Å². The Labute approximate surface area is 181 Å². The Morgan fingerprint density at radius 2 is 1.63 bits per heavy atom. The van der Waals surface area contributed by atoms with Gasteiger partial charge in [-0.15, -0.1) is 10.2 Å². The summed E-state index contributed by atoms with van der Waals surface area (Å²) in [4.78, 5) is 16.7. The van der Waals surface area contributed by atoms with E-state index in [0.717, 1.165) is 41.5 Å². The van der Waals surface area contributed by atoms with Gasteiger partial charge in [0.1, 0.15) is 5.75 Å². The molecule has 1 saturated heterocycles. The lowest BCUT2D eigenvalue weighted by Gasteiger charge is -2.35. The van der Waals surface area contributed by atoms with E-state index >= 15 is 0 Å². The first-order valence-electron chi connectivity index (χ1n) is 9.88. The normalized spacial score (nSPS) is 13.9. The highest BCUT2D eigenvalue weighted by Crippen LogP contribution is 2.22. The number of ether oxygens (including phenoxy) is 1. The molecule has 0 bridgehead atoms. The van der Waals surface area contributed by atoms with Crippen LogP contribution in [-0.2, 0) is 11.2 Å². The Morgan fingerprint density at radius 3 is 2.23 bits per heavy atom. The Kier molecular flexibility index (Phi) is 6.14. The van der Waals surface area contributed by atoms with Crippen molar-refractivity contribution in [2.24, 2.45) is 0 Å². The molecule has 0 aliphatic carbocycles. The lowest BCUT2D eigenvalue weighted by Crippen LogP contribution is -2.49. The minimum absolute atomic E-state index is 0.137. The molecule has 0 atom stereocenters. The second kappa shape index (κ2) is 9.13. The lowest BCUT2D eigenvalue weighted by atomic mass is 10.1. The molecule has 1 aliphatic rings. The van der Waals surface area contributed by atoms with Crippen molar-refractivity contribution in [3.05, 3.63) is 71.2 Å².